The number of carbonyl (C=O) groups excluding carboxylic acids is 1. The molecule has 2 rings (SSSR count). The van der Waals surface area contributed by atoms with Crippen molar-refractivity contribution in [2.75, 3.05) is 11.1 Å². The van der Waals surface area contributed by atoms with Crippen LogP contribution >= 0.6 is 0 Å². The first-order valence-electron chi connectivity index (χ1n) is 4.80. The van der Waals surface area contributed by atoms with E-state index in [4.69, 9.17) is 5.73 Å². The van der Waals surface area contributed by atoms with Gasteiger partial charge in [-0.1, -0.05) is 0 Å². The van der Waals surface area contributed by atoms with E-state index >= 15 is 0 Å². The van der Waals surface area contributed by atoms with Crippen LogP contribution in [0.1, 0.15) is 10.4 Å². The summed E-state index contributed by atoms with van der Waals surface area (Å²) in [6.45, 7) is 0. The number of nitrogen functional groups attached to an aromatic ring is 1. The minimum Gasteiger partial charge on any atom is -0.396 e. The highest BCUT2D eigenvalue weighted by atomic mass is 19.1. The molecule has 86 valence electrons. The second-order valence-corrected chi connectivity index (χ2v) is 3.32. The number of hydrogen-bond donors (Lipinski definition) is 2. The molecule has 0 saturated heterocycles. The Hall–Kier alpha value is -2.50. The second kappa shape index (κ2) is 4.56. The summed E-state index contributed by atoms with van der Waals surface area (Å²) in [6.07, 6.45) is 2.72. The Morgan fingerprint density at radius 1 is 1.29 bits per heavy atom. The topological polar surface area (TPSA) is 80.9 Å². The van der Waals surface area contributed by atoms with Crippen LogP contribution in [-0.2, 0) is 0 Å². The molecular weight excluding hydrogens is 223 g/mol. The Bertz CT molecular complexity index is 544. The molecule has 1 aromatic heterocycles. The maximum absolute atomic E-state index is 13.1. The molecule has 0 spiro atoms. The van der Waals surface area contributed by atoms with E-state index in [-0.39, 0.29) is 11.6 Å². The molecule has 0 radical (unpaired) electrons. The smallest absolute Gasteiger partial charge is 0.257 e. The largest absolute Gasteiger partial charge is 0.396 e. The van der Waals surface area contributed by atoms with Gasteiger partial charge in [0.1, 0.15) is 5.82 Å². The zero-order chi connectivity index (χ0) is 12.3. The van der Waals surface area contributed by atoms with Crippen molar-refractivity contribution >= 4 is 17.3 Å². The van der Waals surface area contributed by atoms with Crippen molar-refractivity contribution < 1.29 is 9.18 Å². The monoisotopic (exact) mass is 232 g/mol. The number of halogens is 1. The number of rotatable bonds is 2. The molecule has 0 atom stereocenters. The van der Waals surface area contributed by atoms with Crippen LogP contribution < -0.4 is 11.1 Å². The lowest BCUT2D eigenvalue weighted by Gasteiger charge is -2.05. The highest BCUT2D eigenvalue weighted by Crippen LogP contribution is 2.16. The maximum atomic E-state index is 13.1. The number of aromatic nitrogens is 2. The molecule has 0 aliphatic heterocycles. The highest BCUT2D eigenvalue weighted by Gasteiger charge is 2.07. The van der Waals surface area contributed by atoms with E-state index in [1.807, 2.05) is 0 Å². The maximum Gasteiger partial charge on any atom is 0.257 e. The molecule has 0 fully saturated rings. The number of anilines is 2. The van der Waals surface area contributed by atoms with Gasteiger partial charge in [0.2, 0.25) is 0 Å². The summed E-state index contributed by atoms with van der Waals surface area (Å²) in [7, 11) is 0. The van der Waals surface area contributed by atoms with Gasteiger partial charge in [-0.25, -0.2) is 4.39 Å². The van der Waals surface area contributed by atoms with E-state index in [2.05, 4.69) is 15.5 Å². The Balaban J connectivity index is 2.16. The summed E-state index contributed by atoms with van der Waals surface area (Å²) in [5.41, 5.74) is 6.04. The summed E-state index contributed by atoms with van der Waals surface area (Å²) in [5, 5.41) is 9.65. The van der Waals surface area contributed by atoms with E-state index in [1.54, 1.807) is 0 Å². The van der Waals surface area contributed by atoms with Gasteiger partial charge in [-0.3, -0.25) is 4.79 Å². The lowest BCUT2D eigenvalue weighted by Crippen LogP contribution is -2.12. The van der Waals surface area contributed by atoms with Crippen LogP contribution in [0.15, 0.2) is 36.7 Å². The fraction of sp³-hybridized carbons (Fsp3) is 0. The van der Waals surface area contributed by atoms with Crippen LogP contribution in [0.2, 0.25) is 0 Å². The van der Waals surface area contributed by atoms with Crippen LogP contribution in [-0.4, -0.2) is 16.1 Å². The molecule has 0 unspecified atom stereocenters. The lowest BCUT2D eigenvalue weighted by atomic mass is 10.2. The second-order valence-electron chi connectivity index (χ2n) is 3.32. The number of amides is 1. The fourth-order valence-corrected chi connectivity index (χ4v) is 1.23. The molecular formula is C11H9FN4O. The average Bonchev–Trinajstić information content (AvgIpc) is 2.35. The lowest BCUT2D eigenvalue weighted by molar-refractivity contribution is 0.102. The average molecular weight is 232 g/mol. The van der Waals surface area contributed by atoms with Crippen LogP contribution in [0, 0.1) is 5.82 Å². The Morgan fingerprint density at radius 3 is 2.76 bits per heavy atom. The van der Waals surface area contributed by atoms with Crippen molar-refractivity contribution in [3.8, 4) is 0 Å². The Morgan fingerprint density at radius 2 is 2.12 bits per heavy atom. The van der Waals surface area contributed by atoms with Crippen LogP contribution in [0.25, 0.3) is 0 Å². The molecule has 1 amide bonds. The van der Waals surface area contributed by atoms with Gasteiger partial charge < -0.3 is 11.1 Å². The van der Waals surface area contributed by atoms with Crippen molar-refractivity contribution in [3.63, 3.8) is 0 Å². The van der Waals surface area contributed by atoms with Gasteiger partial charge >= 0.3 is 0 Å². The normalized spacial score (nSPS) is 9.94. The van der Waals surface area contributed by atoms with Gasteiger partial charge in [0, 0.05) is 5.69 Å². The summed E-state index contributed by atoms with van der Waals surface area (Å²) in [4.78, 5) is 11.7. The predicted octanol–water partition coefficient (Wildman–Crippen LogP) is 1.45. The van der Waals surface area contributed by atoms with E-state index in [1.165, 1.54) is 30.6 Å². The fourth-order valence-electron chi connectivity index (χ4n) is 1.23. The van der Waals surface area contributed by atoms with E-state index in [0.717, 1.165) is 6.07 Å². The molecule has 5 nitrogen and oxygen atoms in total. The van der Waals surface area contributed by atoms with Gasteiger partial charge in [0.15, 0.2) is 0 Å². The first kappa shape index (κ1) is 11.0. The molecule has 1 heterocycles. The standard InChI is InChI=1S/C11H9FN4O/c12-9-5-8(1-2-10(9)13)16-11(17)7-3-4-14-15-6-7/h1-6H,13H2,(H,16,17). The van der Waals surface area contributed by atoms with Crippen molar-refractivity contribution in [2.45, 2.75) is 0 Å². The number of nitrogens with zero attached hydrogens (tertiary/aromatic N) is 2. The van der Waals surface area contributed by atoms with Crippen molar-refractivity contribution in [1.82, 2.24) is 10.2 Å². The van der Waals surface area contributed by atoms with E-state index in [0.29, 0.717) is 11.3 Å². The van der Waals surface area contributed by atoms with Crippen LogP contribution in [0.3, 0.4) is 0 Å². The third-order valence-electron chi connectivity index (χ3n) is 2.10. The zero-order valence-corrected chi connectivity index (χ0v) is 8.72. The minimum atomic E-state index is -0.573. The molecule has 2 aromatic rings. The molecule has 0 aliphatic rings. The van der Waals surface area contributed by atoms with Crippen LogP contribution in [0.5, 0.6) is 0 Å². The molecule has 0 bridgehead atoms. The van der Waals surface area contributed by atoms with Crippen molar-refractivity contribution in [1.29, 1.82) is 0 Å². The molecule has 17 heavy (non-hydrogen) atoms. The summed E-state index contributed by atoms with van der Waals surface area (Å²) in [6, 6.07) is 5.57. The summed E-state index contributed by atoms with van der Waals surface area (Å²) < 4.78 is 13.1. The zero-order valence-electron chi connectivity index (χ0n) is 8.72. The van der Waals surface area contributed by atoms with Gasteiger partial charge in [-0.05, 0) is 24.3 Å². The summed E-state index contributed by atoms with van der Waals surface area (Å²) in [5.74, 6) is -0.959. The van der Waals surface area contributed by atoms with E-state index < -0.39 is 5.82 Å². The molecule has 6 heteroatoms. The number of nitrogens with one attached hydrogen (secondary N) is 1. The number of carbonyl (C=O) groups is 1. The highest BCUT2D eigenvalue weighted by molar-refractivity contribution is 6.04. The van der Waals surface area contributed by atoms with Gasteiger partial charge in [-0.15, -0.1) is 0 Å². The third kappa shape index (κ3) is 2.54. The number of nitrogens with two attached hydrogens (primary N) is 1. The number of hydrogen-bond acceptors (Lipinski definition) is 4. The first-order chi connectivity index (χ1) is 8.16. The van der Waals surface area contributed by atoms with Gasteiger partial charge in [0.05, 0.1) is 23.6 Å². The van der Waals surface area contributed by atoms with Crippen molar-refractivity contribution in [3.05, 3.63) is 48.0 Å². The predicted molar refractivity (Wildman–Crippen MR) is 60.8 cm³/mol. The van der Waals surface area contributed by atoms with Gasteiger partial charge in [0.25, 0.3) is 5.91 Å². The molecule has 0 saturated carbocycles. The van der Waals surface area contributed by atoms with Crippen molar-refractivity contribution in [2.24, 2.45) is 0 Å². The first-order valence-corrected chi connectivity index (χ1v) is 4.80. The molecule has 3 N–H and O–H groups in total. The van der Waals surface area contributed by atoms with Crippen LogP contribution in [0.4, 0.5) is 15.8 Å². The quantitative estimate of drug-likeness (QED) is 0.768. The Kier molecular flexibility index (Phi) is 2.95. The van der Waals surface area contributed by atoms with Gasteiger partial charge in [-0.2, -0.15) is 10.2 Å². The Labute approximate surface area is 96.5 Å². The molecule has 0 aliphatic carbocycles. The number of benzene rings is 1. The third-order valence-corrected chi connectivity index (χ3v) is 2.10. The summed E-state index contributed by atoms with van der Waals surface area (Å²) >= 11 is 0. The minimum absolute atomic E-state index is 0.0357. The molecule has 1 aromatic carbocycles. The SMILES string of the molecule is Nc1ccc(NC(=O)c2ccnnc2)cc1F. The van der Waals surface area contributed by atoms with E-state index in [9.17, 15) is 9.18 Å².